The third kappa shape index (κ3) is 3.95. The summed E-state index contributed by atoms with van der Waals surface area (Å²) in [6.45, 7) is 1.45. The van der Waals surface area contributed by atoms with Crippen molar-refractivity contribution in [3.63, 3.8) is 0 Å². The Bertz CT molecular complexity index is 1080. The largest absolute Gasteiger partial charge is 0.508 e. The molecule has 4 rings (SSSR count). The second-order valence-electron chi connectivity index (χ2n) is 8.09. The van der Waals surface area contributed by atoms with Crippen LogP contribution in [0, 0.1) is 0 Å². The average Bonchev–Trinajstić information content (AvgIpc) is 2.79. The first-order valence-corrected chi connectivity index (χ1v) is 10.3. The Morgan fingerprint density at radius 2 is 1.56 bits per heavy atom. The Labute approximate surface area is 192 Å². The van der Waals surface area contributed by atoms with Gasteiger partial charge in [0.1, 0.15) is 35.6 Å². The number of ether oxygens (including phenoxy) is 4. The third-order valence-electron chi connectivity index (χ3n) is 5.83. The summed E-state index contributed by atoms with van der Waals surface area (Å²) >= 11 is 0. The molecule has 0 spiro atoms. The fourth-order valence-electron chi connectivity index (χ4n) is 4.01. The molecule has 0 aliphatic carbocycles. The van der Waals surface area contributed by atoms with E-state index >= 15 is 0 Å². The van der Waals surface area contributed by atoms with E-state index in [1.165, 1.54) is 26.2 Å². The van der Waals surface area contributed by atoms with E-state index in [-0.39, 0.29) is 28.4 Å². The fourth-order valence-corrected chi connectivity index (χ4v) is 4.01. The molecular weight excluding hydrogens is 456 g/mol. The highest BCUT2D eigenvalue weighted by atomic mass is 16.7. The van der Waals surface area contributed by atoms with Crippen molar-refractivity contribution in [3.8, 4) is 34.5 Å². The zero-order chi connectivity index (χ0) is 24.9. The molecule has 12 nitrogen and oxygen atoms in total. The highest BCUT2D eigenvalue weighted by Crippen LogP contribution is 2.46. The Morgan fingerprint density at radius 1 is 0.912 bits per heavy atom. The molecule has 0 amide bonds. The number of fused-ring (bicyclic) bond motifs is 1. The molecule has 2 aliphatic rings. The lowest BCUT2D eigenvalue weighted by Crippen LogP contribution is -2.59. The number of phenolic OH excluding ortho intramolecular Hbond substituents is 4. The lowest BCUT2D eigenvalue weighted by Gasteiger charge is -2.41. The second kappa shape index (κ2) is 8.81. The molecule has 7 unspecified atom stereocenters. The van der Waals surface area contributed by atoms with E-state index < -0.39 is 65.9 Å². The molecule has 8 N–H and O–H groups in total. The van der Waals surface area contributed by atoms with Crippen molar-refractivity contribution in [1.82, 2.24) is 0 Å². The number of benzene rings is 2. The van der Waals surface area contributed by atoms with Gasteiger partial charge in [0.25, 0.3) is 0 Å². The Kier molecular flexibility index (Phi) is 6.18. The minimum Gasteiger partial charge on any atom is -0.508 e. The zero-order valence-corrected chi connectivity index (χ0v) is 18.1. The normalized spacial score (nSPS) is 31.0. The van der Waals surface area contributed by atoms with Crippen molar-refractivity contribution >= 4 is 5.78 Å². The molecule has 2 heterocycles. The van der Waals surface area contributed by atoms with Crippen molar-refractivity contribution in [3.05, 3.63) is 35.4 Å². The quantitative estimate of drug-likeness (QED) is 0.224. The standard InChI is InChI=1S/C22H24O12/c1-7-15(26)18(29)19(30)22(32-7)34-21-17(28)14-12(31-2)5-9(23)6-13(14)33-20(21)8-3-10(24)16(27)11(25)4-8/h3-7,15,18-27,29-30H,1-2H3/p+1. The van der Waals surface area contributed by atoms with E-state index in [1.54, 1.807) is 0 Å². The van der Waals surface area contributed by atoms with Gasteiger partial charge in [-0.25, -0.2) is 0 Å². The number of carbonyl (C=O) groups excluding carboxylic acids is 1. The van der Waals surface area contributed by atoms with Gasteiger partial charge in [-0.1, -0.05) is 0 Å². The van der Waals surface area contributed by atoms with Crippen molar-refractivity contribution in [2.45, 2.75) is 49.8 Å². The van der Waals surface area contributed by atoms with Gasteiger partial charge >= 0.3 is 5.78 Å². The summed E-state index contributed by atoms with van der Waals surface area (Å²) in [4.78, 5) is 11.2. The minimum absolute atomic E-state index is 0.0210. The summed E-state index contributed by atoms with van der Waals surface area (Å²) < 4.78 is 22.4. The lowest BCUT2D eigenvalue weighted by molar-refractivity contribution is -0.303. The first-order valence-electron chi connectivity index (χ1n) is 10.3. The van der Waals surface area contributed by atoms with Crippen LogP contribution in [-0.2, 0) is 9.47 Å². The predicted octanol–water partition coefficient (Wildman–Crippen LogP) is -0.243. The van der Waals surface area contributed by atoms with E-state index in [0.29, 0.717) is 0 Å². The van der Waals surface area contributed by atoms with Crippen LogP contribution < -0.4 is 9.47 Å². The van der Waals surface area contributed by atoms with E-state index in [4.69, 9.17) is 18.9 Å². The first-order chi connectivity index (χ1) is 16.0. The van der Waals surface area contributed by atoms with Gasteiger partial charge in [-0.2, -0.15) is 0 Å². The van der Waals surface area contributed by atoms with Crippen LogP contribution in [0.1, 0.15) is 24.2 Å². The van der Waals surface area contributed by atoms with E-state index in [1.807, 2.05) is 0 Å². The van der Waals surface area contributed by atoms with Crippen LogP contribution >= 0.6 is 0 Å². The second-order valence-corrected chi connectivity index (χ2v) is 8.09. The molecule has 0 aromatic heterocycles. The number of hydrogen-bond acceptors (Lipinski definition) is 11. The van der Waals surface area contributed by atoms with Gasteiger partial charge < -0.3 is 54.7 Å². The van der Waals surface area contributed by atoms with Gasteiger partial charge in [0.05, 0.1) is 13.2 Å². The third-order valence-corrected chi connectivity index (χ3v) is 5.83. The number of aliphatic hydroxyl groups is 3. The highest BCUT2D eigenvalue weighted by molar-refractivity contribution is 6.06. The zero-order valence-electron chi connectivity index (χ0n) is 18.1. The van der Waals surface area contributed by atoms with Crippen LogP contribution in [0.4, 0.5) is 0 Å². The molecule has 0 radical (unpaired) electrons. The number of phenols is 4. The molecule has 2 aromatic rings. The number of methoxy groups -OCH3 is 1. The van der Waals surface area contributed by atoms with Crippen molar-refractivity contribution in [2.24, 2.45) is 0 Å². The maximum Gasteiger partial charge on any atom is 0.363 e. The maximum absolute atomic E-state index is 11.2. The van der Waals surface area contributed by atoms with E-state index in [2.05, 4.69) is 0 Å². The molecule has 1 fully saturated rings. The van der Waals surface area contributed by atoms with Crippen LogP contribution in [0.15, 0.2) is 24.3 Å². The molecule has 0 bridgehead atoms. The first kappa shape index (κ1) is 23.9. The molecule has 1 saturated heterocycles. The highest BCUT2D eigenvalue weighted by Gasteiger charge is 2.51. The summed E-state index contributed by atoms with van der Waals surface area (Å²) in [5.74, 6) is -2.85. The van der Waals surface area contributed by atoms with Gasteiger partial charge in [0.2, 0.25) is 6.10 Å². The van der Waals surface area contributed by atoms with Gasteiger partial charge in [0, 0.05) is 17.7 Å². The van der Waals surface area contributed by atoms with Crippen molar-refractivity contribution < 1.29 is 59.5 Å². The summed E-state index contributed by atoms with van der Waals surface area (Å²) in [6, 6.07) is 4.55. The van der Waals surface area contributed by atoms with Gasteiger partial charge in [-0.15, -0.1) is 0 Å². The Hall–Kier alpha value is -3.29. The Morgan fingerprint density at radius 3 is 2.18 bits per heavy atom. The van der Waals surface area contributed by atoms with Crippen LogP contribution in [0.2, 0.25) is 0 Å². The van der Waals surface area contributed by atoms with Crippen molar-refractivity contribution in [1.29, 1.82) is 0 Å². The number of hydrogen-bond donors (Lipinski definition) is 7. The average molecular weight is 481 g/mol. The maximum atomic E-state index is 11.2. The summed E-state index contributed by atoms with van der Waals surface area (Å²) in [5.41, 5.74) is 0.0592. The van der Waals surface area contributed by atoms with Crippen LogP contribution in [0.5, 0.6) is 34.5 Å². The van der Waals surface area contributed by atoms with E-state index in [9.17, 15) is 40.5 Å². The number of rotatable bonds is 4. The molecule has 2 aromatic carbocycles. The summed E-state index contributed by atoms with van der Waals surface area (Å²) in [6.07, 6.45) is -9.95. The number of ketones is 1. The number of aliphatic hydroxyl groups excluding tert-OH is 3. The fraction of sp³-hybridized carbons (Fsp3) is 0.409. The predicted molar refractivity (Wildman–Crippen MR) is 113 cm³/mol. The molecule has 34 heavy (non-hydrogen) atoms. The molecule has 12 heteroatoms. The molecular formula is C22H25O12+. The summed E-state index contributed by atoms with van der Waals surface area (Å²) in [7, 11) is 1.30. The smallest absolute Gasteiger partial charge is 0.363 e. The van der Waals surface area contributed by atoms with Gasteiger partial charge in [0.15, 0.2) is 35.2 Å². The van der Waals surface area contributed by atoms with Crippen molar-refractivity contribution in [2.75, 3.05) is 7.11 Å². The molecule has 7 atom stereocenters. The molecule has 2 aliphatic heterocycles. The lowest BCUT2D eigenvalue weighted by atomic mass is 9.91. The SMILES string of the molecule is COc1cc(O)cc2c1C(=[OH+])C(OC1OC(C)C(O)C(O)C1O)C(c1cc(O)c(O)c(O)c1)O2. The van der Waals surface area contributed by atoms with Gasteiger partial charge in [-0.3, -0.25) is 4.79 Å². The van der Waals surface area contributed by atoms with Crippen LogP contribution in [-0.4, -0.2) is 90.2 Å². The summed E-state index contributed by atoms with van der Waals surface area (Å²) in [5, 5.41) is 70.2. The molecule has 184 valence electrons. The Balaban J connectivity index is 1.80. The monoisotopic (exact) mass is 481 g/mol. The minimum atomic E-state index is -1.70. The topological polar surface area (TPSA) is 200 Å². The van der Waals surface area contributed by atoms with E-state index in [0.717, 1.165) is 12.1 Å². The van der Waals surface area contributed by atoms with Gasteiger partial charge in [-0.05, 0) is 19.1 Å². The van der Waals surface area contributed by atoms with Crippen LogP contribution in [0.3, 0.4) is 0 Å². The molecule has 0 saturated carbocycles. The van der Waals surface area contributed by atoms with Crippen LogP contribution in [0.25, 0.3) is 0 Å². The number of aromatic hydroxyl groups is 4.